The third-order valence-electron chi connectivity index (χ3n) is 6.90. The second-order valence-corrected chi connectivity index (χ2v) is 12.0. The van der Waals surface area contributed by atoms with E-state index >= 15 is 0 Å². The summed E-state index contributed by atoms with van der Waals surface area (Å²) in [5.74, 6) is 0.871. The van der Waals surface area contributed by atoms with Crippen molar-refractivity contribution in [2.24, 2.45) is 0 Å². The van der Waals surface area contributed by atoms with Gasteiger partial charge in [0.2, 0.25) is 5.91 Å². The molecule has 5 aromatic carbocycles. The summed E-state index contributed by atoms with van der Waals surface area (Å²) in [5, 5.41) is 12.1. The predicted octanol–water partition coefficient (Wildman–Crippen LogP) is 7.99. The standard InChI is InChI=1S/C35H28Cl2N2O4S/c36-32-14-13-31(21-33(32)37)44(41)39-35(40)15-12-28-11-9-26(23-43-30-7-3-4-25(19-30)22-38)20-34(28)42-17-16-24-8-10-27-5-1-2-6-29(27)18-24/h1-11,13-14,18-21H,12,15-17,23H2,(H,39,40). The number of amides is 1. The molecule has 0 saturated carbocycles. The Morgan fingerprint density at radius 3 is 2.43 bits per heavy atom. The van der Waals surface area contributed by atoms with E-state index in [1.165, 1.54) is 22.9 Å². The summed E-state index contributed by atoms with van der Waals surface area (Å²) in [5.41, 5.74) is 3.40. The van der Waals surface area contributed by atoms with E-state index < -0.39 is 11.0 Å². The summed E-state index contributed by atoms with van der Waals surface area (Å²) in [6.45, 7) is 0.715. The Bertz CT molecular complexity index is 1870. The van der Waals surface area contributed by atoms with E-state index in [-0.39, 0.29) is 24.0 Å². The van der Waals surface area contributed by atoms with Gasteiger partial charge in [0.05, 0.1) is 33.2 Å². The number of nitriles is 1. The largest absolute Gasteiger partial charge is 0.493 e. The number of benzene rings is 5. The number of fused-ring (bicyclic) bond motifs is 1. The average molecular weight is 644 g/mol. The summed E-state index contributed by atoms with van der Waals surface area (Å²) in [6.07, 6.45) is 1.18. The molecule has 0 heterocycles. The lowest BCUT2D eigenvalue weighted by atomic mass is 10.0. The minimum Gasteiger partial charge on any atom is -0.493 e. The molecule has 1 amide bonds. The van der Waals surface area contributed by atoms with Crippen molar-refractivity contribution in [3.8, 4) is 17.6 Å². The zero-order valence-corrected chi connectivity index (χ0v) is 25.9. The molecule has 0 fully saturated rings. The molecule has 0 radical (unpaired) electrons. The van der Waals surface area contributed by atoms with E-state index in [1.54, 1.807) is 30.3 Å². The second kappa shape index (κ2) is 14.9. The first-order chi connectivity index (χ1) is 21.4. The van der Waals surface area contributed by atoms with Crippen molar-refractivity contribution in [1.82, 2.24) is 4.72 Å². The highest BCUT2D eigenvalue weighted by Crippen LogP contribution is 2.26. The number of aryl methyl sites for hydroxylation is 1. The van der Waals surface area contributed by atoms with Gasteiger partial charge in [-0.05, 0) is 76.3 Å². The van der Waals surface area contributed by atoms with Gasteiger partial charge in [0.15, 0.2) is 11.0 Å². The summed E-state index contributed by atoms with van der Waals surface area (Å²) in [4.78, 5) is 13.1. The molecule has 5 aromatic rings. The van der Waals surface area contributed by atoms with Gasteiger partial charge in [0, 0.05) is 12.8 Å². The molecular formula is C35H28Cl2N2O4S. The van der Waals surface area contributed by atoms with Crippen LogP contribution in [0.5, 0.6) is 11.5 Å². The van der Waals surface area contributed by atoms with Crippen LogP contribution in [0.2, 0.25) is 10.0 Å². The van der Waals surface area contributed by atoms with Crippen LogP contribution in [-0.2, 0) is 35.2 Å². The van der Waals surface area contributed by atoms with E-state index in [4.69, 9.17) is 32.7 Å². The highest BCUT2D eigenvalue weighted by Gasteiger charge is 2.13. The van der Waals surface area contributed by atoms with Crippen LogP contribution >= 0.6 is 23.2 Å². The van der Waals surface area contributed by atoms with E-state index in [0.717, 1.165) is 16.7 Å². The first-order valence-corrected chi connectivity index (χ1v) is 15.8. The van der Waals surface area contributed by atoms with Crippen LogP contribution in [0.1, 0.15) is 28.7 Å². The molecule has 222 valence electrons. The van der Waals surface area contributed by atoms with Crippen LogP contribution in [-0.4, -0.2) is 16.7 Å². The van der Waals surface area contributed by atoms with Gasteiger partial charge in [-0.25, -0.2) is 4.21 Å². The van der Waals surface area contributed by atoms with Gasteiger partial charge in [-0.1, -0.05) is 83.9 Å². The van der Waals surface area contributed by atoms with Crippen molar-refractivity contribution in [2.75, 3.05) is 6.61 Å². The summed E-state index contributed by atoms with van der Waals surface area (Å²) in [7, 11) is -1.77. The Labute approximate surface area is 268 Å². The number of hydrogen-bond acceptors (Lipinski definition) is 5. The average Bonchev–Trinajstić information content (AvgIpc) is 3.04. The molecule has 1 atom stereocenters. The van der Waals surface area contributed by atoms with E-state index in [1.807, 2.05) is 30.3 Å². The first kappa shape index (κ1) is 31.1. The number of hydrogen-bond donors (Lipinski definition) is 1. The van der Waals surface area contributed by atoms with Crippen molar-refractivity contribution in [3.05, 3.63) is 135 Å². The van der Waals surface area contributed by atoms with Crippen LogP contribution in [0.4, 0.5) is 0 Å². The Kier molecular flexibility index (Phi) is 10.5. The maximum Gasteiger partial charge on any atom is 0.232 e. The van der Waals surface area contributed by atoms with E-state index in [2.05, 4.69) is 41.1 Å². The first-order valence-electron chi connectivity index (χ1n) is 13.9. The van der Waals surface area contributed by atoms with Crippen LogP contribution in [0, 0.1) is 11.3 Å². The zero-order valence-electron chi connectivity index (χ0n) is 23.6. The summed E-state index contributed by atoms with van der Waals surface area (Å²) < 4.78 is 27.4. The molecule has 0 spiro atoms. The minimum atomic E-state index is -1.77. The van der Waals surface area contributed by atoms with Crippen LogP contribution in [0.25, 0.3) is 10.8 Å². The molecule has 6 nitrogen and oxygen atoms in total. The molecule has 0 saturated heterocycles. The van der Waals surface area contributed by atoms with Gasteiger partial charge >= 0.3 is 0 Å². The molecule has 0 bridgehead atoms. The van der Waals surface area contributed by atoms with Crippen LogP contribution in [0.3, 0.4) is 0 Å². The lowest BCUT2D eigenvalue weighted by Gasteiger charge is -2.15. The monoisotopic (exact) mass is 642 g/mol. The lowest BCUT2D eigenvalue weighted by Crippen LogP contribution is -2.26. The fourth-order valence-electron chi connectivity index (χ4n) is 4.58. The van der Waals surface area contributed by atoms with Gasteiger partial charge < -0.3 is 9.47 Å². The molecule has 1 N–H and O–H groups in total. The van der Waals surface area contributed by atoms with Crippen molar-refractivity contribution in [3.63, 3.8) is 0 Å². The number of nitrogens with zero attached hydrogens (tertiary/aromatic N) is 1. The van der Waals surface area contributed by atoms with Crippen molar-refractivity contribution >= 4 is 50.9 Å². The highest BCUT2D eigenvalue weighted by atomic mass is 35.5. The van der Waals surface area contributed by atoms with Gasteiger partial charge in [-0.3, -0.25) is 9.52 Å². The molecular weight excluding hydrogens is 615 g/mol. The SMILES string of the molecule is N#Cc1cccc(OCc2ccc(CCC(=O)NS(=O)c3ccc(Cl)c(Cl)c3)c(OCCc3ccc4ccccc4c3)c2)c1. The van der Waals surface area contributed by atoms with Crippen LogP contribution < -0.4 is 14.2 Å². The molecule has 5 rings (SSSR count). The maximum atomic E-state index is 12.7. The molecule has 44 heavy (non-hydrogen) atoms. The second-order valence-electron chi connectivity index (χ2n) is 10.0. The van der Waals surface area contributed by atoms with Gasteiger partial charge in [0.25, 0.3) is 0 Å². The normalized spacial score (nSPS) is 11.5. The number of rotatable bonds is 12. The minimum absolute atomic E-state index is 0.102. The van der Waals surface area contributed by atoms with Crippen molar-refractivity contribution in [1.29, 1.82) is 5.26 Å². The number of carbonyl (C=O) groups excluding carboxylic acids is 1. The van der Waals surface area contributed by atoms with E-state index in [9.17, 15) is 14.3 Å². The number of ether oxygens (including phenoxy) is 2. The van der Waals surface area contributed by atoms with Crippen LogP contribution in [0.15, 0.2) is 108 Å². The van der Waals surface area contributed by atoms with Crippen molar-refractivity contribution in [2.45, 2.75) is 30.8 Å². The van der Waals surface area contributed by atoms with Crippen molar-refractivity contribution < 1.29 is 18.5 Å². The quantitative estimate of drug-likeness (QED) is 0.149. The molecule has 0 aliphatic carbocycles. The number of carbonyl (C=O) groups is 1. The van der Waals surface area contributed by atoms with E-state index in [0.29, 0.717) is 46.4 Å². The lowest BCUT2D eigenvalue weighted by molar-refractivity contribution is -0.119. The molecule has 1 unspecified atom stereocenters. The Hall–Kier alpha value is -4.35. The zero-order chi connectivity index (χ0) is 30.9. The Morgan fingerprint density at radius 1 is 0.795 bits per heavy atom. The Balaban J connectivity index is 1.26. The fraction of sp³-hybridized carbons (Fsp3) is 0.143. The molecule has 0 aromatic heterocycles. The fourth-order valence-corrected chi connectivity index (χ4v) is 5.78. The van der Waals surface area contributed by atoms with Gasteiger partial charge in [0.1, 0.15) is 18.1 Å². The third kappa shape index (κ3) is 8.39. The molecule has 0 aliphatic heterocycles. The summed E-state index contributed by atoms with van der Waals surface area (Å²) in [6, 6.07) is 34.0. The maximum absolute atomic E-state index is 12.7. The van der Waals surface area contributed by atoms with Gasteiger partial charge in [-0.15, -0.1) is 0 Å². The Morgan fingerprint density at radius 2 is 1.61 bits per heavy atom. The van der Waals surface area contributed by atoms with Gasteiger partial charge in [-0.2, -0.15) is 5.26 Å². The number of nitrogens with one attached hydrogen (secondary N) is 1. The topological polar surface area (TPSA) is 88.4 Å². The molecule has 0 aliphatic rings. The third-order valence-corrected chi connectivity index (χ3v) is 8.73. The smallest absolute Gasteiger partial charge is 0.232 e. The number of halogens is 2. The predicted molar refractivity (Wildman–Crippen MR) is 174 cm³/mol. The highest BCUT2D eigenvalue weighted by molar-refractivity contribution is 7.83. The summed E-state index contributed by atoms with van der Waals surface area (Å²) >= 11 is 12.0. The molecule has 9 heteroatoms.